The predicted molar refractivity (Wildman–Crippen MR) is 84.4 cm³/mol. The van der Waals surface area contributed by atoms with Crippen molar-refractivity contribution in [3.05, 3.63) is 65.5 Å². The third kappa shape index (κ3) is 6.10. The van der Waals surface area contributed by atoms with Crippen molar-refractivity contribution in [2.45, 2.75) is 25.6 Å². The van der Waals surface area contributed by atoms with Gasteiger partial charge >= 0.3 is 6.18 Å². The number of carbonyl (C=O) groups is 1. The molecule has 3 nitrogen and oxygen atoms in total. The van der Waals surface area contributed by atoms with E-state index in [-0.39, 0.29) is 18.5 Å². The van der Waals surface area contributed by atoms with E-state index in [9.17, 15) is 22.4 Å². The third-order valence-electron chi connectivity index (χ3n) is 3.41. The number of halogens is 4. The van der Waals surface area contributed by atoms with E-state index >= 15 is 0 Å². The Morgan fingerprint density at radius 3 is 2.48 bits per heavy atom. The summed E-state index contributed by atoms with van der Waals surface area (Å²) < 4.78 is 57.0. The lowest BCUT2D eigenvalue weighted by Gasteiger charge is -2.13. The molecule has 2 aromatic rings. The molecule has 0 heterocycles. The summed E-state index contributed by atoms with van der Waals surface area (Å²) in [6, 6.07) is 11.5. The maximum absolute atomic E-state index is 13.0. The zero-order valence-corrected chi connectivity index (χ0v) is 13.3. The monoisotopic (exact) mass is 355 g/mol. The van der Waals surface area contributed by atoms with Crippen LogP contribution in [0.3, 0.4) is 0 Å². The molecule has 2 aromatic carbocycles. The Labute approximate surface area is 142 Å². The molecule has 25 heavy (non-hydrogen) atoms. The topological polar surface area (TPSA) is 38.3 Å². The molecule has 1 N–H and O–H groups in total. The Balaban J connectivity index is 1.78. The van der Waals surface area contributed by atoms with Crippen molar-refractivity contribution in [3.8, 4) is 5.75 Å². The molecule has 0 unspecified atom stereocenters. The average molecular weight is 355 g/mol. The first-order valence-electron chi connectivity index (χ1n) is 7.66. The van der Waals surface area contributed by atoms with Crippen LogP contribution in [0.25, 0.3) is 0 Å². The third-order valence-corrected chi connectivity index (χ3v) is 3.41. The Kier molecular flexibility index (Phi) is 6.38. The Morgan fingerprint density at radius 2 is 1.80 bits per heavy atom. The molecule has 0 saturated heterocycles. The zero-order chi connectivity index (χ0) is 18.3. The highest BCUT2D eigenvalue weighted by Gasteiger charge is 2.33. The number of alkyl halides is 3. The number of amides is 1. The summed E-state index contributed by atoms with van der Waals surface area (Å²) in [4.78, 5) is 11.7. The summed E-state index contributed by atoms with van der Waals surface area (Å²) in [5.74, 6) is -0.682. The summed E-state index contributed by atoms with van der Waals surface area (Å²) in [6.45, 7) is 0.00921. The fraction of sp³-hybridized carbons (Fsp3) is 0.278. The van der Waals surface area contributed by atoms with Crippen LogP contribution < -0.4 is 10.1 Å². The molecule has 0 spiro atoms. The van der Waals surface area contributed by atoms with Crippen LogP contribution >= 0.6 is 0 Å². The molecule has 1 amide bonds. The maximum atomic E-state index is 13.0. The summed E-state index contributed by atoms with van der Waals surface area (Å²) in [6.07, 6.45) is -4.13. The second-order valence-corrected chi connectivity index (χ2v) is 5.34. The van der Waals surface area contributed by atoms with Crippen molar-refractivity contribution in [2.24, 2.45) is 0 Å². The fourth-order valence-electron chi connectivity index (χ4n) is 2.19. The van der Waals surface area contributed by atoms with Crippen LogP contribution in [-0.2, 0) is 17.5 Å². The second kappa shape index (κ2) is 8.50. The maximum Gasteiger partial charge on any atom is 0.416 e. The van der Waals surface area contributed by atoms with Gasteiger partial charge in [-0.3, -0.25) is 4.79 Å². The first-order chi connectivity index (χ1) is 11.9. The summed E-state index contributed by atoms with van der Waals surface area (Å²) in [7, 11) is 0. The molecule has 0 aliphatic heterocycles. The van der Waals surface area contributed by atoms with Crippen LogP contribution in [-0.4, -0.2) is 12.5 Å². The van der Waals surface area contributed by atoms with Gasteiger partial charge in [-0.25, -0.2) is 4.39 Å². The molecule has 0 radical (unpaired) electrons. The molecule has 0 aromatic heterocycles. The minimum atomic E-state index is -4.67. The van der Waals surface area contributed by atoms with Gasteiger partial charge in [-0.1, -0.05) is 24.3 Å². The van der Waals surface area contributed by atoms with Crippen molar-refractivity contribution >= 4 is 5.91 Å². The lowest BCUT2D eigenvalue weighted by Crippen LogP contribution is -2.24. The van der Waals surface area contributed by atoms with Crippen molar-refractivity contribution in [1.82, 2.24) is 5.32 Å². The van der Waals surface area contributed by atoms with E-state index in [1.807, 2.05) is 18.2 Å². The largest absolute Gasteiger partial charge is 0.494 e. The number of carbonyl (C=O) groups excluding carboxylic acids is 1. The van der Waals surface area contributed by atoms with Crippen LogP contribution in [0, 0.1) is 5.82 Å². The van der Waals surface area contributed by atoms with E-state index in [0.29, 0.717) is 24.8 Å². The van der Waals surface area contributed by atoms with Crippen molar-refractivity contribution < 1.29 is 27.1 Å². The van der Waals surface area contributed by atoms with Gasteiger partial charge in [0.05, 0.1) is 12.2 Å². The molecular formula is C18H17F4NO2. The molecule has 7 heteroatoms. The van der Waals surface area contributed by atoms with Gasteiger partial charge in [0.2, 0.25) is 5.91 Å². The number of ether oxygens (including phenoxy) is 1. The first-order valence-corrected chi connectivity index (χ1v) is 7.66. The van der Waals surface area contributed by atoms with E-state index in [2.05, 4.69) is 5.32 Å². The van der Waals surface area contributed by atoms with Gasteiger partial charge in [0.25, 0.3) is 0 Å². The van der Waals surface area contributed by atoms with Crippen LogP contribution in [0.4, 0.5) is 17.6 Å². The molecule has 0 atom stereocenters. The van der Waals surface area contributed by atoms with Gasteiger partial charge in [-0.15, -0.1) is 0 Å². The van der Waals surface area contributed by atoms with E-state index in [0.717, 1.165) is 12.1 Å². The van der Waals surface area contributed by atoms with Gasteiger partial charge in [-0.05, 0) is 36.2 Å². The molecule has 0 saturated carbocycles. The standard InChI is InChI=1S/C18H17F4NO2/c19-14-9-8-13(16(11-14)18(20,21)22)12-23-17(24)7-4-10-25-15-5-2-1-3-6-15/h1-3,5-6,8-9,11H,4,7,10,12H2,(H,23,24). The second-order valence-electron chi connectivity index (χ2n) is 5.34. The van der Waals surface area contributed by atoms with E-state index in [1.54, 1.807) is 12.1 Å². The highest BCUT2D eigenvalue weighted by Crippen LogP contribution is 2.32. The van der Waals surface area contributed by atoms with Gasteiger partial charge in [0.15, 0.2) is 0 Å². The van der Waals surface area contributed by atoms with Crippen molar-refractivity contribution in [2.75, 3.05) is 6.61 Å². The summed E-state index contributed by atoms with van der Waals surface area (Å²) in [5, 5.41) is 2.41. The van der Waals surface area contributed by atoms with Crippen LogP contribution in [0.5, 0.6) is 5.75 Å². The minimum Gasteiger partial charge on any atom is -0.494 e. The number of hydrogen-bond acceptors (Lipinski definition) is 2. The number of nitrogens with one attached hydrogen (secondary N) is 1. The number of para-hydroxylation sites is 1. The molecule has 0 aliphatic carbocycles. The van der Waals surface area contributed by atoms with E-state index < -0.39 is 23.5 Å². The molecule has 0 fully saturated rings. The van der Waals surface area contributed by atoms with E-state index in [4.69, 9.17) is 4.74 Å². The molecule has 2 rings (SSSR count). The quantitative estimate of drug-likeness (QED) is 0.593. The van der Waals surface area contributed by atoms with Crippen LogP contribution in [0.2, 0.25) is 0 Å². The predicted octanol–water partition coefficient (Wildman–Crippen LogP) is 4.32. The molecule has 0 aliphatic rings. The number of rotatable bonds is 7. The first kappa shape index (κ1) is 18.8. The van der Waals surface area contributed by atoms with Crippen LogP contribution in [0.1, 0.15) is 24.0 Å². The minimum absolute atomic E-state index is 0.120. The zero-order valence-electron chi connectivity index (χ0n) is 13.3. The van der Waals surface area contributed by atoms with Crippen LogP contribution in [0.15, 0.2) is 48.5 Å². The molecule has 134 valence electrons. The smallest absolute Gasteiger partial charge is 0.416 e. The Hall–Kier alpha value is -2.57. The number of benzene rings is 2. The highest BCUT2D eigenvalue weighted by molar-refractivity contribution is 5.75. The fourth-order valence-corrected chi connectivity index (χ4v) is 2.19. The lowest BCUT2D eigenvalue weighted by molar-refractivity contribution is -0.138. The van der Waals surface area contributed by atoms with Crippen molar-refractivity contribution in [1.29, 1.82) is 0 Å². The van der Waals surface area contributed by atoms with Gasteiger partial charge in [0, 0.05) is 13.0 Å². The van der Waals surface area contributed by atoms with Gasteiger partial charge < -0.3 is 10.1 Å². The lowest BCUT2D eigenvalue weighted by atomic mass is 10.1. The molecule has 0 bridgehead atoms. The Bertz CT molecular complexity index is 702. The van der Waals surface area contributed by atoms with E-state index in [1.165, 1.54) is 0 Å². The normalized spacial score (nSPS) is 11.2. The van der Waals surface area contributed by atoms with Crippen molar-refractivity contribution in [3.63, 3.8) is 0 Å². The Morgan fingerprint density at radius 1 is 1.08 bits per heavy atom. The summed E-state index contributed by atoms with van der Waals surface area (Å²) >= 11 is 0. The molecular weight excluding hydrogens is 338 g/mol. The average Bonchev–Trinajstić information content (AvgIpc) is 2.58. The number of hydrogen-bond donors (Lipinski definition) is 1. The van der Waals surface area contributed by atoms with Gasteiger partial charge in [0.1, 0.15) is 11.6 Å². The van der Waals surface area contributed by atoms with Gasteiger partial charge in [-0.2, -0.15) is 13.2 Å². The SMILES string of the molecule is O=C(CCCOc1ccccc1)NCc1ccc(F)cc1C(F)(F)F. The highest BCUT2D eigenvalue weighted by atomic mass is 19.4. The summed E-state index contributed by atoms with van der Waals surface area (Å²) in [5.41, 5.74) is -1.26.